The van der Waals surface area contributed by atoms with Gasteiger partial charge in [0.1, 0.15) is 0 Å². The molecule has 1 heterocycles. The van der Waals surface area contributed by atoms with Crippen molar-refractivity contribution in [3.05, 3.63) is 29.8 Å². The predicted octanol–water partition coefficient (Wildman–Crippen LogP) is 1.32. The average molecular weight is 239 g/mol. The topological polar surface area (TPSA) is 68.0 Å². The summed E-state index contributed by atoms with van der Waals surface area (Å²) in [6.45, 7) is 6.05. The van der Waals surface area contributed by atoms with Gasteiger partial charge in [-0.1, -0.05) is 13.8 Å². The molecule has 1 atom stereocenters. The van der Waals surface area contributed by atoms with Gasteiger partial charge in [0.15, 0.2) is 5.82 Å². The van der Waals surface area contributed by atoms with Crippen molar-refractivity contribution in [3.63, 3.8) is 0 Å². The molecular formula is C12H18FN3O. The van der Waals surface area contributed by atoms with Crippen LogP contribution in [0, 0.1) is 11.7 Å². The van der Waals surface area contributed by atoms with Crippen LogP contribution in [0.3, 0.4) is 0 Å². The maximum absolute atomic E-state index is 13.4. The van der Waals surface area contributed by atoms with Crippen molar-refractivity contribution < 1.29 is 9.18 Å². The molecule has 94 valence electrons. The number of nitrogens with one attached hydrogen (secondary N) is 1. The number of hydrogen-bond acceptors (Lipinski definition) is 3. The highest BCUT2D eigenvalue weighted by Gasteiger charge is 2.29. The number of nitrogens with zero attached hydrogens (tertiary/aromatic N) is 1. The molecule has 0 saturated heterocycles. The van der Waals surface area contributed by atoms with Crippen LogP contribution in [-0.4, -0.2) is 23.0 Å². The summed E-state index contributed by atoms with van der Waals surface area (Å²) in [6.07, 6.45) is 2.40. The largest absolute Gasteiger partial charge is 0.345 e. The van der Waals surface area contributed by atoms with Crippen LogP contribution in [0.25, 0.3) is 0 Å². The minimum Gasteiger partial charge on any atom is -0.345 e. The lowest BCUT2D eigenvalue weighted by Crippen LogP contribution is -2.55. The van der Waals surface area contributed by atoms with E-state index in [1.165, 1.54) is 12.3 Å². The molecule has 0 aliphatic rings. The molecular weight excluding hydrogens is 221 g/mol. The number of amides is 1. The number of pyridine rings is 1. The van der Waals surface area contributed by atoms with Crippen LogP contribution in [0.1, 0.15) is 31.1 Å². The van der Waals surface area contributed by atoms with Crippen molar-refractivity contribution in [1.29, 1.82) is 0 Å². The van der Waals surface area contributed by atoms with Gasteiger partial charge in [0.25, 0.3) is 5.91 Å². The van der Waals surface area contributed by atoms with Crippen LogP contribution in [0.5, 0.6) is 0 Å². The first-order valence-electron chi connectivity index (χ1n) is 5.53. The van der Waals surface area contributed by atoms with Crippen LogP contribution in [0.4, 0.5) is 4.39 Å². The van der Waals surface area contributed by atoms with Gasteiger partial charge in [-0.05, 0) is 18.9 Å². The Morgan fingerprint density at radius 3 is 2.76 bits per heavy atom. The van der Waals surface area contributed by atoms with E-state index in [1.807, 2.05) is 20.8 Å². The van der Waals surface area contributed by atoms with Crippen molar-refractivity contribution in [3.8, 4) is 0 Å². The molecule has 3 N–H and O–H groups in total. The molecule has 0 saturated carbocycles. The van der Waals surface area contributed by atoms with Crippen molar-refractivity contribution >= 4 is 5.91 Å². The molecule has 0 spiro atoms. The minimum absolute atomic E-state index is 0.0136. The van der Waals surface area contributed by atoms with E-state index in [1.54, 1.807) is 0 Å². The summed E-state index contributed by atoms with van der Waals surface area (Å²) in [7, 11) is 0. The molecule has 5 heteroatoms. The summed E-state index contributed by atoms with van der Waals surface area (Å²) in [4.78, 5) is 15.5. The molecule has 0 aliphatic carbocycles. The smallest absolute Gasteiger partial charge is 0.254 e. The number of hydrogen-bond donors (Lipinski definition) is 2. The SMILES string of the molecule is CC(C)C(C)(CN)NC(=O)c1ccncc1F. The minimum atomic E-state index is -0.631. The fourth-order valence-electron chi connectivity index (χ4n) is 1.32. The Morgan fingerprint density at radius 1 is 1.65 bits per heavy atom. The van der Waals surface area contributed by atoms with Crippen molar-refractivity contribution in [2.75, 3.05) is 6.54 Å². The summed E-state index contributed by atoms with van der Waals surface area (Å²) in [5.74, 6) is -0.943. The van der Waals surface area contributed by atoms with Gasteiger partial charge in [-0.2, -0.15) is 0 Å². The highest BCUT2D eigenvalue weighted by molar-refractivity contribution is 5.94. The third-order valence-electron chi connectivity index (χ3n) is 3.11. The van der Waals surface area contributed by atoms with Crippen LogP contribution in [-0.2, 0) is 0 Å². The first-order valence-corrected chi connectivity index (χ1v) is 5.53. The second-order valence-electron chi connectivity index (χ2n) is 4.59. The van der Waals surface area contributed by atoms with E-state index < -0.39 is 17.3 Å². The Kier molecular flexibility index (Phi) is 4.17. The van der Waals surface area contributed by atoms with Crippen LogP contribution in [0.2, 0.25) is 0 Å². The summed E-state index contributed by atoms with van der Waals surface area (Å²) in [5.41, 5.74) is 5.09. The number of aromatic nitrogens is 1. The Morgan fingerprint density at radius 2 is 2.29 bits per heavy atom. The zero-order valence-corrected chi connectivity index (χ0v) is 10.3. The van der Waals surface area contributed by atoms with Crippen molar-refractivity contribution in [2.24, 2.45) is 11.7 Å². The Bertz CT molecular complexity index is 408. The molecule has 1 aromatic rings. The Labute approximate surface area is 100 Å². The fraction of sp³-hybridized carbons (Fsp3) is 0.500. The van der Waals surface area contributed by atoms with Crippen LogP contribution < -0.4 is 11.1 Å². The van der Waals surface area contributed by atoms with Crippen LogP contribution in [0.15, 0.2) is 18.5 Å². The third-order valence-corrected chi connectivity index (χ3v) is 3.11. The van der Waals surface area contributed by atoms with E-state index in [2.05, 4.69) is 10.3 Å². The highest BCUT2D eigenvalue weighted by atomic mass is 19.1. The molecule has 0 aliphatic heterocycles. The van der Waals surface area contributed by atoms with E-state index >= 15 is 0 Å². The number of carbonyl (C=O) groups is 1. The maximum atomic E-state index is 13.4. The number of rotatable bonds is 4. The molecule has 1 unspecified atom stereocenters. The number of nitrogens with two attached hydrogens (primary N) is 1. The lowest BCUT2D eigenvalue weighted by molar-refractivity contribution is 0.0879. The maximum Gasteiger partial charge on any atom is 0.254 e. The van der Waals surface area contributed by atoms with E-state index in [4.69, 9.17) is 5.73 Å². The molecule has 4 nitrogen and oxygen atoms in total. The summed E-state index contributed by atoms with van der Waals surface area (Å²) in [5, 5.41) is 2.77. The summed E-state index contributed by atoms with van der Waals surface area (Å²) < 4.78 is 13.4. The Hall–Kier alpha value is -1.49. The molecule has 1 rings (SSSR count). The van der Waals surface area contributed by atoms with E-state index in [-0.39, 0.29) is 11.5 Å². The molecule has 0 aromatic carbocycles. The summed E-state index contributed by atoms with van der Waals surface area (Å²) >= 11 is 0. The Balaban J connectivity index is 2.90. The first kappa shape index (κ1) is 13.6. The average Bonchev–Trinajstić information content (AvgIpc) is 2.29. The monoisotopic (exact) mass is 239 g/mol. The fourth-order valence-corrected chi connectivity index (χ4v) is 1.32. The molecule has 0 radical (unpaired) electrons. The van der Waals surface area contributed by atoms with Gasteiger partial charge < -0.3 is 11.1 Å². The van der Waals surface area contributed by atoms with Gasteiger partial charge in [0.05, 0.1) is 17.3 Å². The molecule has 0 fully saturated rings. The molecule has 0 bridgehead atoms. The lowest BCUT2D eigenvalue weighted by atomic mass is 9.88. The quantitative estimate of drug-likeness (QED) is 0.832. The van der Waals surface area contributed by atoms with Crippen molar-refractivity contribution in [1.82, 2.24) is 10.3 Å². The first-order chi connectivity index (χ1) is 7.90. The molecule has 17 heavy (non-hydrogen) atoms. The lowest BCUT2D eigenvalue weighted by Gasteiger charge is -2.33. The molecule has 1 aromatic heterocycles. The van der Waals surface area contributed by atoms with Crippen molar-refractivity contribution in [2.45, 2.75) is 26.3 Å². The van der Waals surface area contributed by atoms with E-state index in [0.29, 0.717) is 6.54 Å². The molecule has 1 amide bonds. The standard InChI is InChI=1S/C12H18FN3O/c1-8(2)12(3,7-14)16-11(17)9-4-5-15-6-10(9)13/h4-6,8H,7,14H2,1-3H3,(H,16,17). The number of halogens is 1. The highest BCUT2D eigenvalue weighted by Crippen LogP contribution is 2.16. The van der Waals surface area contributed by atoms with Crippen LogP contribution >= 0.6 is 0 Å². The second kappa shape index (κ2) is 5.23. The zero-order valence-electron chi connectivity index (χ0n) is 10.3. The summed E-state index contributed by atoms with van der Waals surface area (Å²) in [6, 6.07) is 1.35. The van der Waals surface area contributed by atoms with Gasteiger partial charge in [0.2, 0.25) is 0 Å². The van der Waals surface area contributed by atoms with E-state index in [0.717, 1.165) is 6.20 Å². The predicted molar refractivity (Wildman–Crippen MR) is 64.0 cm³/mol. The third kappa shape index (κ3) is 3.00. The van der Waals surface area contributed by atoms with Gasteiger partial charge in [-0.3, -0.25) is 9.78 Å². The second-order valence-corrected chi connectivity index (χ2v) is 4.59. The van der Waals surface area contributed by atoms with Gasteiger partial charge in [-0.25, -0.2) is 4.39 Å². The van der Waals surface area contributed by atoms with E-state index in [9.17, 15) is 9.18 Å². The zero-order chi connectivity index (χ0) is 13.1. The van der Waals surface area contributed by atoms with Gasteiger partial charge >= 0.3 is 0 Å². The van der Waals surface area contributed by atoms with Gasteiger partial charge in [0, 0.05) is 12.7 Å². The normalized spacial score (nSPS) is 14.5. The number of carbonyl (C=O) groups excluding carboxylic acids is 1. The van der Waals surface area contributed by atoms with Gasteiger partial charge in [-0.15, -0.1) is 0 Å².